The third-order valence-electron chi connectivity index (χ3n) is 4.15. The molecule has 0 unspecified atom stereocenters. The van der Waals surface area contributed by atoms with Crippen LogP contribution in [0.5, 0.6) is 17.2 Å². The number of halogens is 1. The van der Waals surface area contributed by atoms with E-state index in [4.69, 9.17) is 14.2 Å². The Hall–Kier alpha value is -3.13. The molecule has 0 bridgehead atoms. The minimum Gasteiger partial charge on any atom is -0.490 e. The van der Waals surface area contributed by atoms with Crippen LogP contribution in [-0.2, 0) is 17.8 Å². The zero-order valence-electron chi connectivity index (χ0n) is 15.5. The van der Waals surface area contributed by atoms with Crippen LogP contribution in [0.3, 0.4) is 0 Å². The van der Waals surface area contributed by atoms with Crippen LogP contribution < -0.4 is 19.5 Å². The van der Waals surface area contributed by atoms with Gasteiger partial charge in [-0.25, -0.2) is 9.37 Å². The van der Waals surface area contributed by atoms with Gasteiger partial charge in [-0.05, 0) is 36.4 Å². The van der Waals surface area contributed by atoms with Gasteiger partial charge in [-0.1, -0.05) is 0 Å². The molecular formula is C21H19FN2O4S. The van der Waals surface area contributed by atoms with E-state index in [-0.39, 0.29) is 24.8 Å². The molecule has 1 N–H and O–H groups in total. The highest BCUT2D eigenvalue weighted by Gasteiger charge is 2.13. The summed E-state index contributed by atoms with van der Waals surface area (Å²) in [4.78, 5) is 16.8. The monoisotopic (exact) mass is 414 g/mol. The number of anilines is 1. The molecule has 29 heavy (non-hydrogen) atoms. The van der Waals surface area contributed by atoms with Crippen molar-refractivity contribution in [1.82, 2.24) is 4.98 Å². The van der Waals surface area contributed by atoms with Crippen LogP contribution in [0.1, 0.15) is 17.1 Å². The molecule has 1 amide bonds. The van der Waals surface area contributed by atoms with E-state index < -0.39 is 0 Å². The van der Waals surface area contributed by atoms with Crippen molar-refractivity contribution in [2.45, 2.75) is 19.4 Å². The van der Waals surface area contributed by atoms with Crippen LogP contribution >= 0.6 is 11.3 Å². The highest BCUT2D eigenvalue weighted by molar-refractivity contribution is 7.09. The summed E-state index contributed by atoms with van der Waals surface area (Å²) in [6.45, 7) is 1.47. The van der Waals surface area contributed by atoms with Crippen LogP contribution in [0.2, 0.25) is 0 Å². The van der Waals surface area contributed by atoms with Crippen molar-refractivity contribution in [1.29, 1.82) is 0 Å². The number of fused-ring (bicyclic) bond motifs is 1. The van der Waals surface area contributed by atoms with E-state index in [0.29, 0.717) is 41.8 Å². The van der Waals surface area contributed by atoms with Crippen molar-refractivity contribution in [3.8, 4) is 17.2 Å². The van der Waals surface area contributed by atoms with Crippen molar-refractivity contribution in [3.63, 3.8) is 0 Å². The normalized spacial score (nSPS) is 12.9. The van der Waals surface area contributed by atoms with Gasteiger partial charge in [-0.2, -0.15) is 0 Å². The van der Waals surface area contributed by atoms with E-state index in [1.807, 2.05) is 5.38 Å². The second-order valence-electron chi connectivity index (χ2n) is 6.41. The molecule has 1 aliphatic rings. The molecule has 2 aromatic carbocycles. The topological polar surface area (TPSA) is 69.7 Å². The van der Waals surface area contributed by atoms with Crippen LogP contribution in [0.15, 0.2) is 47.8 Å². The summed E-state index contributed by atoms with van der Waals surface area (Å²) in [5.74, 6) is 1.40. The number of aromatic nitrogens is 1. The number of rotatable bonds is 6. The Morgan fingerprint density at radius 2 is 1.93 bits per heavy atom. The Kier molecular flexibility index (Phi) is 5.90. The molecule has 0 saturated heterocycles. The lowest BCUT2D eigenvalue weighted by molar-refractivity contribution is -0.115. The van der Waals surface area contributed by atoms with E-state index in [1.165, 1.54) is 23.5 Å². The number of ether oxygens (including phenoxy) is 3. The van der Waals surface area contributed by atoms with Crippen molar-refractivity contribution < 1.29 is 23.4 Å². The molecule has 3 aromatic rings. The number of carbonyl (C=O) groups is 1. The number of carbonyl (C=O) groups excluding carboxylic acids is 1. The molecule has 2 heterocycles. The maximum atomic E-state index is 12.9. The van der Waals surface area contributed by atoms with Crippen molar-refractivity contribution >= 4 is 22.9 Å². The summed E-state index contributed by atoms with van der Waals surface area (Å²) in [5.41, 5.74) is 1.31. The first-order valence-corrected chi connectivity index (χ1v) is 10.0. The molecule has 0 saturated carbocycles. The number of nitrogens with zero attached hydrogens (tertiary/aromatic N) is 1. The number of nitrogens with one attached hydrogen (secondary N) is 1. The van der Waals surface area contributed by atoms with Gasteiger partial charge >= 0.3 is 0 Å². The van der Waals surface area contributed by atoms with E-state index in [0.717, 1.165) is 11.4 Å². The second-order valence-corrected chi connectivity index (χ2v) is 7.35. The molecule has 0 radical (unpaired) electrons. The highest BCUT2D eigenvalue weighted by atomic mass is 32.1. The number of thiazole rings is 1. The van der Waals surface area contributed by atoms with Gasteiger partial charge in [-0.3, -0.25) is 4.79 Å². The van der Waals surface area contributed by atoms with E-state index in [2.05, 4.69) is 10.3 Å². The lowest BCUT2D eigenvalue weighted by atomic mass is 10.2. The lowest BCUT2D eigenvalue weighted by Crippen LogP contribution is -2.14. The average Bonchev–Trinajstić information content (AvgIpc) is 3.02. The first-order chi connectivity index (χ1) is 14.2. The van der Waals surface area contributed by atoms with Crippen molar-refractivity contribution in [2.75, 3.05) is 18.5 Å². The summed E-state index contributed by atoms with van der Waals surface area (Å²) in [7, 11) is 0. The molecule has 150 valence electrons. The van der Waals surface area contributed by atoms with Gasteiger partial charge in [0.25, 0.3) is 0 Å². The molecule has 1 aliphatic heterocycles. The van der Waals surface area contributed by atoms with Gasteiger partial charge in [-0.15, -0.1) is 11.3 Å². The summed E-state index contributed by atoms with van der Waals surface area (Å²) in [6.07, 6.45) is 0.981. The minimum atomic E-state index is -0.312. The molecule has 6 nitrogen and oxygen atoms in total. The molecule has 4 rings (SSSR count). The summed E-state index contributed by atoms with van der Waals surface area (Å²) < 4.78 is 29.7. The SMILES string of the molecule is O=C(Cc1csc(COc2ccc(F)cc2)n1)Nc1ccc2c(c1)OCCCO2. The molecule has 0 aliphatic carbocycles. The smallest absolute Gasteiger partial charge is 0.230 e. The number of hydrogen-bond acceptors (Lipinski definition) is 6. The summed E-state index contributed by atoms with van der Waals surface area (Å²) in [5, 5.41) is 5.43. The molecule has 8 heteroatoms. The van der Waals surface area contributed by atoms with E-state index >= 15 is 0 Å². The molecule has 0 atom stereocenters. The fraction of sp³-hybridized carbons (Fsp3) is 0.238. The van der Waals surface area contributed by atoms with E-state index in [9.17, 15) is 9.18 Å². The van der Waals surface area contributed by atoms with Gasteiger partial charge in [0.2, 0.25) is 5.91 Å². The summed E-state index contributed by atoms with van der Waals surface area (Å²) in [6, 6.07) is 11.2. The first kappa shape index (κ1) is 19.2. The van der Waals surface area contributed by atoms with Gasteiger partial charge in [0.15, 0.2) is 11.5 Å². The first-order valence-electron chi connectivity index (χ1n) is 9.17. The van der Waals surface area contributed by atoms with Crippen LogP contribution in [0.25, 0.3) is 0 Å². The Morgan fingerprint density at radius 3 is 2.76 bits per heavy atom. The Bertz CT molecular complexity index is 991. The van der Waals surface area contributed by atoms with Gasteiger partial charge in [0.05, 0.1) is 25.3 Å². The van der Waals surface area contributed by atoms with Crippen molar-refractivity contribution in [3.05, 3.63) is 64.4 Å². The average molecular weight is 414 g/mol. The second kappa shape index (κ2) is 8.91. The Morgan fingerprint density at radius 1 is 1.14 bits per heavy atom. The van der Waals surface area contributed by atoms with Crippen LogP contribution in [0.4, 0.5) is 10.1 Å². The van der Waals surface area contributed by atoms with Gasteiger partial charge in [0.1, 0.15) is 23.2 Å². The Labute approximate surface area is 171 Å². The fourth-order valence-corrected chi connectivity index (χ4v) is 3.49. The fourth-order valence-electron chi connectivity index (χ4n) is 2.78. The lowest BCUT2D eigenvalue weighted by Gasteiger charge is -2.10. The molecule has 0 spiro atoms. The number of hydrogen-bond donors (Lipinski definition) is 1. The van der Waals surface area contributed by atoms with Crippen LogP contribution in [-0.4, -0.2) is 24.1 Å². The zero-order valence-corrected chi connectivity index (χ0v) is 16.3. The predicted molar refractivity (Wildman–Crippen MR) is 107 cm³/mol. The van der Waals surface area contributed by atoms with Gasteiger partial charge < -0.3 is 19.5 Å². The Balaban J connectivity index is 1.31. The molecule has 0 fully saturated rings. The zero-order chi connectivity index (χ0) is 20.1. The van der Waals surface area contributed by atoms with E-state index in [1.54, 1.807) is 30.3 Å². The minimum absolute atomic E-state index is 0.154. The number of amides is 1. The molecule has 1 aromatic heterocycles. The third kappa shape index (κ3) is 5.23. The van der Waals surface area contributed by atoms with Gasteiger partial charge in [0, 0.05) is 23.6 Å². The third-order valence-corrected chi connectivity index (χ3v) is 5.02. The standard InChI is InChI=1S/C21H19FN2O4S/c22-14-2-5-17(6-3-14)28-12-21-24-16(13-29-21)11-20(25)23-15-4-7-18-19(10-15)27-9-1-8-26-18/h2-7,10,13H,1,8-9,11-12H2,(H,23,25). The predicted octanol–water partition coefficient (Wildman–Crippen LogP) is 4.20. The maximum Gasteiger partial charge on any atom is 0.230 e. The van der Waals surface area contributed by atoms with Crippen molar-refractivity contribution in [2.24, 2.45) is 0 Å². The summed E-state index contributed by atoms with van der Waals surface area (Å²) >= 11 is 1.41. The largest absolute Gasteiger partial charge is 0.490 e. The molecular weight excluding hydrogens is 395 g/mol. The van der Waals surface area contributed by atoms with Crippen LogP contribution in [0, 0.1) is 5.82 Å². The quantitative estimate of drug-likeness (QED) is 0.655. The maximum absolute atomic E-state index is 12.9. The highest BCUT2D eigenvalue weighted by Crippen LogP contribution is 2.32. The number of benzene rings is 2.